The Hall–Kier alpha value is -2.35. The fraction of sp³-hybridized carbons (Fsp3) is 0.211. The highest BCUT2D eigenvalue weighted by Crippen LogP contribution is 2.13. The van der Waals surface area contributed by atoms with Gasteiger partial charge in [-0.2, -0.15) is 0 Å². The number of carbonyl (C=O) groups is 1. The Morgan fingerprint density at radius 2 is 1.67 bits per heavy atom. The maximum absolute atomic E-state index is 11.9. The van der Waals surface area contributed by atoms with Crippen molar-refractivity contribution >= 4 is 17.5 Å². The second kappa shape index (κ2) is 7.44. The van der Waals surface area contributed by atoms with E-state index < -0.39 is 0 Å². The third kappa shape index (κ3) is 4.92. The second-order valence-electron chi connectivity index (χ2n) is 5.27. The Morgan fingerprint density at radius 1 is 1.00 bits per heavy atom. The summed E-state index contributed by atoms with van der Waals surface area (Å²) in [5.74, 6) is 0.163. The summed E-state index contributed by atoms with van der Waals surface area (Å²) in [6.45, 7) is 0. The van der Waals surface area contributed by atoms with E-state index in [1.165, 1.54) is 5.56 Å². The number of nitrogens with zero attached hydrogens (tertiary/aromatic N) is 1. The van der Waals surface area contributed by atoms with Crippen molar-refractivity contribution in [1.29, 1.82) is 0 Å². The average Bonchev–Trinajstić information content (AvgIpc) is 2.52. The zero-order chi connectivity index (χ0) is 15.1. The summed E-state index contributed by atoms with van der Waals surface area (Å²) < 4.78 is 0. The van der Waals surface area contributed by atoms with E-state index in [0.717, 1.165) is 17.7 Å². The largest absolute Gasteiger partial charge is 0.378 e. The molecule has 2 aromatic rings. The van der Waals surface area contributed by atoms with E-state index in [9.17, 15) is 4.79 Å². The number of allylic oxidation sites excluding steroid dienone is 1. The minimum Gasteiger partial charge on any atom is -0.378 e. The van der Waals surface area contributed by atoms with Gasteiger partial charge in [-0.15, -0.1) is 0 Å². The van der Waals surface area contributed by atoms with Crippen LogP contribution in [0, 0.1) is 0 Å². The first-order valence-electron chi connectivity index (χ1n) is 7.17. The van der Waals surface area contributed by atoms with Gasteiger partial charge in [0.15, 0.2) is 5.78 Å². The molecular weight excluding hydrogens is 258 g/mol. The number of hydrogen-bond donors (Lipinski definition) is 0. The predicted octanol–water partition coefficient (Wildman–Crippen LogP) is 3.97. The molecule has 2 rings (SSSR count). The molecule has 0 spiro atoms. The molecule has 0 bridgehead atoms. The predicted molar refractivity (Wildman–Crippen MR) is 89.6 cm³/mol. The molecule has 0 atom stereocenters. The van der Waals surface area contributed by atoms with Crippen LogP contribution >= 0.6 is 0 Å². The smallest absolute Gasteiger partial charge is 0.156 e. The van der Waals surface area contributed by atoms with E-state index in [4.69, 9.17) is 0 Å². The van der Waals surface area contributed by atoms with Gasteiger partial charge in [-0.25, -0.2) is 0 Å². The summed E-state index contributed by atoms with van der Waals surface area (Å²) in [6, 6.07) is 18.2. The van der Waals surface area contributed by atoms with Crippen LogP contribution in [0.15, 0.2) is 60.7 Å². The van der Waals surface area contributed by atoms with E-state index in [0.29, 0.717) is 6.42 Å². The van der Waals surface area contributed by atoms with Crippen LogP contribution in [0.3, 0.4) is 0 Å². The van der Waals surface area contributed by atoms with Crippen molar-refractivity contribution in [1.82, 2.24) is 0 Å². The number of rotatable bonds is 6. The minimum absolute atomic E-state index is 0.163. The summed E-state index contributed by atoms with van der Waals surface area (Å²) in [5.41, 5.74) is 3.41. The van der Waals surface area contributed by atoms with Crippen molar-refractivity contribution < 1.29 is 4.79 Å². The lowest BCUT2D eigenvalue weighted by Crippen LogP contribution is -2.07. The quantitative estimate of drug-likeness (QED) is 0.746. The standard InChI is InChI=1S/C19H21NO/c1-20(2)18-12-8-17(9-13-18)11-15-19(21)14-10-16-6-4-3-5-7-16/h3-9,11-13,15H,10,14H2,1-2H3/b15-11+. The fourth-order valence-electron chi connectivity index (χ4n) is 2.07. The molecule has 2 aromatic carbocycles. The Labute approximate surface area is 126 Å². The highest BCUT2D eigenvalue weighted by molar-refractivity contribution is 5.93. The molecule has 0 aliphatic carbocycles. The lowest BCUT2D eigenvalue weighted by molar-refractivity contribution is -0.114. The third-order valence-corrected chi connectivity index (χ3v) is 3.37. The van der Waals surface area contributed by atoms with Crippen LogP contribution in [-0.4, -0.2) is 19.9 Å². The van der Waals surface area contributed by atoms with Crippen molar-refractivity contribution in [2.75, 3.05) is 19.0 Å². The number of carbonyl (C=O) groups excluding carboxylic acids is 1. The summed E-state index contributed by atoms with van der Waals surface area (Å²) in [4.78, 5) is 13.9. The number of aryl methyl sites for hydroxylation is 1. The first kappa shape index (κ1) is 15.0. The molecule has 0 saturated heterocycles. The van der Waals surface area contributed by atoms with Gasteiger partial charge < -0.3 is 4.90 Å². The molecule has 0 N–H and O–H groups in total. The zero-order valence-electron chi connectivity index (χ0n) is 12.6. The third-order valence-electron chi connectivity index (χ3n) is 3.37. The van der Waals surface area contributed by atoms with Crippen LogP contribution < -0.4 is 4.90 Å². The van der Waals surface area contributed by atoms with Gasteiger partial charge in [0.25, 0.3) is 0 Å². The number of ketones is 1. The molecule has 0 aliphatic heterocycles. The highest BCUT2D eigenvalue weighted by Gasteiger charge is 1.99. The van der Waals surface area contributed by atoms with Gasteiger partial charge >= 0.3 is 0 Å². The van der Waals surface area contributed by atoms with Crippen LogP contribution in [0.4, 0.5) is 5.69 Å². The minimum atomic E-state index is 0.163. The second-order valence-corrected chi connectivity index (χ2v) is 5.27. The molecule has 0 amide bonds. The monoisotopic (exact) mass is 279 g/mol. The van der Waals surface area contributed by atoms with Crippen LogP contribution in [-0.2, 0) is 11.2 Å². The summed E-state index contributed by atoms with van der Waals surface area (Å²) in [7, 11) is 4.02. The van der Waals surface area contributed by atoms with E-state index in [1.807, 2.05) is 62.6 Å². The van der Waals surface area contributed by atoms with Crippen LogP contribution in [0.5, 0.6) is 0 Å². The van der Waals surface area contributed by atoms with Crippen molar-refractivity contribution in [3.05, 3.63) is 71.8 Å². The molecule has 0 aromatic heterocycles. The average molecular weight is 279 g/mol. The summed E-state index contributed by atoms with van der Waals surface area (Å²) in [5, 5.41) is 0. The zero-order valence-corrected chi connectivity index (χ0v) is 12.6. The van der Waals surface area contributed by atoms with Crippen molar-refractivity contribution in [3.8, 4) is 0 Å². The van der Waals surface area contributed by atoms with Crippen molar-refractivity contribution in [2.45, 2.75) is 12.8 Å². The maximum Gasteiger partial charge on any atom is 0.156 e. The van der Waals surface area contributed by atoms with Gasteiger partial charge in [0.1, 0.15) is 0 Å². The van der Waals surface area contributed by atoms with Gasteiger partial charge in [-0.05, 0) is 35.8 Å². The number of hydrogen-bond acceptors (Lipinski definition) is 2. The molecule has 0 saturated carbocycles. The van der Waals surface area contributed by atoms with E-state index >= 15 is 0 Å². The molecule has 0 unspecified atom stereocenters. The Morgan fingerprint density at radius 3 is 2.29 bits per heavy atom. The van der Waals surface area contributed by atoms with Gasteiger partial charge in [0.2, 0.25) is 0 Å². The number of anilines is 1. The SMILES string of the molecule is CN(C)c1ccc(/C=C/C(=O)CCc2ccccc2)cc1. The molecule has 2 nitrogen and oxygen atoms in total. The van der Waals surface area contributed by atoms with Crippen molar-refractivity contribution in [3.63, 3.8) is 0 Å². The Bertz CT molecular complexity index is 597. The van der Waals surface area contributed by atoms with Gasteiger partial charge in [-0.3, -0.25) is 4.79 Å². The molecule has 0 fully saturated rings. The topological polar surface area (TPSA) is 20.3 Å². The lowest BCUT2D eigenvalue weighted by atomic mass is 10.1. The summed E-state index contributed by atoms with van der Waals surface area (Å²) >= 11 is 0. The molecule has 0 radical (unpaired) electrons. The normalized spacial score (nSPS) is 10.8. The van der Waals surface area contributed by atoms with Gasteiger partial charge in [0, 0.05) is 26.2 Å². The van der Waals surface area contributed by atoms with Crippen LogP contribution in [0.25, 0.3) is 6.08 Å². The first-order valence-corrected chi connectivity index (χ1v) is 7.17. The van der Waals surface area contributed by atoms with Crippen LogP contribution in [0.2, 0.25) is 0 Å². The highest BCUT2D eigenvalue weighted by atomic mass is 16.1. The van der Waals surface area contributed by atoms with Crippen LogP contribution in [0.1, 0.15) is 17.5 Å². The Balaban J connectivity index is 1.87. The molecule has 0 heterocycles. The Kier molecular flexibility index (Phi) is 5.33. The fourth-order valence-corrected chi connectivity index (χ4v) is 2.07. The van der Waals surface area contributed by atoms with E-state index in [-0.39, 0.29) is 5.78 Å². The van der Waals surface area contributed by atoms with E-state index in [1.54, 1.807) is 6.08 Å². The maximum atomic E-state index is 11.9. The van der Waals surface area contributed by atoms with Gasteiger partial charge in [-0.1, -0.05) is 48.5 Å². The molecular formula is C19H21NO. The summed E-state index contributed by atoms with van der Waals surface area (Å²) in [6.07, 6.45) is 4.90. The van der Waals surface area contributed by atoms with E-state index in [2.05, 4.69) is 17.0 Å². The van der Waals surface area contributed by atoms with Crippen molar-refractivity contribution in [2.24, 2.45) is 0 Å². The molecule has 0 aliphatic rings. The van der Waals surface area contributed by atoms with Gasteiger partial charge in [0.05, 0.1) is 0 Å². The first-order chi connectivity index (χ1) is 10.1. The molecule has 108 valence electrons. The lowest BCUT2D eigenvalue weighted by Gasteiger charge is -2.11. The molecule has 21 heavy (non-hydrogen) atoms. The molecule has 2 heteroatoms. The number of benzene rings is 2.